The van der Waals surface area contributed by atoms with Crippen molar-refractivity contribution in [2.45, 2.75) is 19.8 Å². The van der Waals surface area contributed by atoms with E-state index in [1.807, 2.05) is 36.4 Å². The molecule has 4 rings (SSSR count). The van der Waals surface area contributed by atoms with Crippen LogP contribution >= 0.6 is 11.3 Å². The monoisotopic (exact) mass is 453 g/mol. The summed E-state index contributed by atoms with van der Waals surface area (Å²) in [5.74, 6) is -1.16. The number of amides is 2. The molecule has 168 valence electrons. The van der Waals surface area contributed by atoms with Gasteiger partial charge in [-0.05, 0) is 43.1 Å². The molecule has 0 saturated carbocycles. The Morgan fingerprint density at radius 2 is 1.84 bits per heavy atom. The average Bonchev–Trinajstić information content (AvgIpc) is 3.40. The van der Waals surface area contributed by atoms with Crippen LogP contribution in [0.3, 0.4) is 0 Å². The number of rotatable bonds is 7. The number of benzene rings is 1. The van der Waals surface area contributed by atoms with Gasteiger partial charge < -0.3 is 14.5 Å². The molecule has 2 aromatic rings. The summed E-state index contributed by atoms with van der Waals surface area (Å²) < 4.78 is 5.30. The van der Waals surface area contributed by atoms with Gasteiger partial charge in [-0.3, -0.25) is 9.59 Å². The fourth-order valence-corrected chi connectivity index (χ4v) is 4.65. The van der Waals surface area contributed by atoms with Crippen molar-refractivity contribution in [3.05, 3.63) is 57.9 Å². The summed E-state index contributed by atoms with van der Waals surface area (Å²) in [6, 6.07) is 10.3. The van der Waals surface area contributed by atoms with E-state index < -0.39 is 5.97 Å². The minimum Gasteiger partial charge on any atom is -0.462 e. The lowest BCUT2D eigenvalue weighted by atomic mass is 10.1. The van der Waals surface area contributed by atoms with E-state index in [-0.39, 0.29) is 11.8 Å². The van der Waals surface area contributed by atoms with E-state index in [0.717, 1.165) is 30.8 Å². The van der Waals surface area contributed by atoms with Crippen LogP contribution in [-0.4, -0.2) is 67.4 Å². The van der Waals surface area contributed by atoms with Crippen molar-refractivity contribution in [3.63, 3.8) is 0 Å². The van der Waals surface area contributed by atoms with Crippen molar-refractivity contribution in [2.24, 2.45) is 0 Å². The van der Waals surface area contributed by atoms with Crippen LogP contribution < -0.4 is 4.90 Å². The number of imide groups is 1. The number of piperazine rings is 1. The summed E-state index contributed by atoms with van der Waals surface area (Å²) >= 11 is 1.44. The molecule has 1 fully saturated rings. The van der Waals surface area contributed by atoms with Gasteiger partial charge in [0.25, 0.3) is 11.8 Å². The van der Waals surface area contributed by atoms with Crippen LogP contribution in [0.15, 0.2) is 47.5 Å². The molecule has 7 nitrogen and oxygen atoms in total. The molecular formula is C24H27N3O4S. The second-order valence-electron chi connectivity index (χ2n) is 7.98. The van der Waals surface area contributed by atoms with E-state index in [9.17, 15) is 14.4 Å². The van der Waals surface area contributed by atoms with Gasteiger partial charge in [0.15, 0.2) is 0 Å². The standard InChI is InChI=1S/C24H27N3O4S/c1-3-4-14-31-24(30)17-7-5-8-18(16-17)27-22(28)20(19-9-6-15-32-19)21(23(27)29)26-12-10-25(2)11-13-26/h5-9,15-16H,3-4,10-14H2,1-2H3. The normalized spacial score (nSPS) is 17.4. The van der Waals surface area contributed by atoms with Gasteiger partial charge >= 0.3 is 5.97 Å². The number of likely N-dealkylation sites (N-methyl/N-ethyl adjacent to an activating group) is 1. The highest BCUT2D eigenvalue weighted by molar-refractivity contribution is 7.11. The zero-order chi connectivity index (χ0) is 22.7. The molecule has 1 aromatic heterocycles. The van der Waals surface area contributed by atoms with Gasteiger partial charge in [0, 0.05) is 31.1 Å². The third-order valence-corrected chi connectivity index (χ3v) is 6.60. The van der Waals surface area contributed by atoms with Crippen molar-refractivity contribution in [1.82, 2.24) is 9.80 Å². The van der Waals surface area contributed by atoms with Crippen molar-refractivity contribution in [3.8, 4) is 0 Å². The van der Waals surface area contributed by atoms with Crippen molar-refractivity contribution >= 4 is 40.4 Å². The van der Waals surface area contributed by atoms with Gasteiger partial charge in [0.05, 0.1) is 23.4 Å². The number of unbranched alkanes of at least 4 members (excludes halogenated alkanes) is 1. The number of hydrogen-bond donors (Lipinski definition) is 0. The van der Waals surface area contributed by atoms with E-state index in [0.29, 0.717) is 42.2 Å². The molecule has 2 aliphatic rings. The maximum atomic E-state index is 13.6. The summed E-state index contributed by atoms with van der Waals surface area (Å²) in [6.45, 7) is 5.37. The molecule has 0 unspecified atom stereocenters. The van der Waals surface area contributed by atoms with Gasteiger partial charge in [-0.2, -0.15) is 0 Å². The molecule has 0 atom stereocenters. The Morgan fingerprint density at radius 3 is 2.53 bits per heavy atom. The van der Waals surface area contributed by atoms with Crippen molar-refractivity contribution in [2.75, 3.05) is 44.7 Å². The van der Waals surface area contributed by atoms with E-state index in [1.54, 1.807) is 24.3 Å². The first-order chi connectivity index (χ1) is 15.5. The molecule has 3 heterocycles. The van der Waals surface area contributed by atoms with Gasteiger partial charge in [0.1, 0.15) is 5.70 Å². The molecule has 0 spiro atoms. The number of carbonyl (C=O) groups is 3. The second-order valence-corrected chi connectivity index (χ2v) is 8.92. The lowest BCUT2D eigenvalue weighted by Gasteiger charge is -2.34. The highest BCUT2D eigenvalue weighted by atomic mass is 32.1. The van der Waals surface area contributed by atoms with E-state index in [2.05, 4.69) is 4.90 Å². The number of nitrogens with zero attached hydrogens (tertiary/aromatic N) is 3. The van der Waals surface area contributed by atoms with Gasteiger partial charge in [-0.15, -0.1) is 11.3 Å². The van der Waals surface area contributed by atoms with Gasteiger partial charge in [0.2, 0.25) is 0 Å². The summed E-state index contributed by atoms with van der Waals surface area (Å²) in [5.41, 5.74) is 1.58. The largest absolute Gasteiger partial charge is 0.462 e. The summed E-state index contributed by atoms with van der Waals surface area (Å²) in [7, 11) is 2.05. The number of esters is 1. The quantitative estimate of drug-likeness (QED) is 0.364. The fourth-order valence-electron chi connectivity index (χ4n) is 3.88. The lowest BCUT2D eigenvalue weighted by molar-refractivity contribution is -0.120. The highest BCUT2D eigenvalue weighted by Gasteiger charge is 2.43. The van der Waals surface area contributed by atoms with Crippen LogP contribution in [0.25, 0.3) is 5.57 Å². The van der Waals surface area contributed by atoms with Crippen LogP contribution in [0, 0.1) is 0 Å². The van der Waals surface area contributed by atoms with Crippen molar-refractivity contribution < 1.29 is 19.1 Å². The number of hydrogen-bond acceptors (Lipinski definition) is 7. The summed E-state index contributed by atoms with van der Waals surface area (Å²) in [5, 5.41) is 1.90. The molecule has 1 saturated heterocycles. The predicted octanol–water partition coefficient (Wildman–Crippen LogP) is 3.24. The fraction of sp³-hybridized carbons (Fsp3) is 0.375. The Hall–Kier alpha value is -2.97. The summed E-state index contributed by atoms with van der Waals surface area (Å²) in [4.78, 5) is 45.7. The number of anilines is 1. The molecular weight excluding hydrogens is 426 g/mol. The molecule has 0 aliphatic carbocycles. The topological polar surface area (TPSA) is 70.2 Å². The van der Waals surface area contributed by atoms with Crippen LogP contribution in [0.2, 0.25) is 0 Å². The zero-order valence-electron chi connectivity index (χ0n) is 18.4. The molecule has 2 aliphatic heterocycles. The maximum absolute atomic E-state index is 13.6. The molecule has 0 radical (unpaired) electrons. The van der Waals surface area contributed by atoms with Crippen LogP contribution in [-0.2, 0) is 14.3 Å². The van der Waals surface area contributed by atoms with Crippen LogP contribution in [0.5, 0.6) is 0 Å². The minimum absolute atomic E-state index is 0.324. The smallest absolute Gasteiger partial charge is 0.338 e. The molecule has 0 N–H and O–H groups in total. The Bertz CT molecular complexity index is 1040. The third kappa shape index (κ3) is 4.33. The maximum Gasteiger partial charge on any atom is 0.338 e. The van der Waals surface area contributed by atoms with Crippen LogP contribution in [0.1, 0.15) is 35.0 Å². The number of ether oxygens (including phenoxy) is 1. The molecule has 0 bridgehead atoms. The molecule has 8 heteroatoms. The first-order valence-electron chi connectivity index (χ1n) is 10.9. The van der Waals surface area contributed by atoms with Gasteiger partial charge in [-0.25, -0.2) is 9.69 Å². The zero-order valence-corrected chi connectivity index (χ0v) is 19.2. The Kier molecular flexibility index (Phi) is 6.72. The number of carbonyl (C=O) groups excluding carboxylic acids is 3. The first kappa shape index (κ1) is 22.2. The van der Waals surface area contributed by atoms with E-state index in [4.69, 9.17) is 4.74 Å². The van der Waals surface area contributed by atoms with E-state index in [1.165, 1.54) is 16.2 Å². The Balaban J connectivity index is 1.66. The Morgan fingerprint density at radius 1 is 1.06 bits per heavy atom. The molecule has 2 amide bonds. The predicted molar refractivity (Wildman–Crippen MR) is 124 cm³/mol. The lowest BCUT2D eigenvalue weighted by Crippen LogP contribution is -2.46. The van der Waals surface area contributed by atoms with Crippen molar-refractivity contribution in [1.29, 1.82) is 0 Å². The third-order valence-electron chi connectivity index (χ3n) is 5.72. The Labute approximate surface area is 191 Å². The first-order valence-corrected chi connectivity index (χ1v) is 11.8. The minimum atomic E-state index is -0.454. The van der Waals surface area contributed by atoms with E-state index >= 15 is 0 Å². The summed E-state index contributed by atoms with van der Waals surface area (Å²) in [6.07, 6.45) is 1.72. The second kappa shape index (κ2) is 9.67. The average molecular weight is 454 g/mol. The number of thiophene rings is 1. The van der Waals surface area contributed by atoms with Gasteiger partial charge in [-0.1, -0.05) is 25.5 Å². The van der Waals surface area contributed by atoms with Crippen LogP contribution in [0.4, 0.5) is 5.69 Å². The molecule has 1 aromatic carbocycles. The molecule has 32 heavy (non-hydrogen) atoms. The highest BCUT2D eigenvalue weighted by Crippen LogP contribution is 2.37. The SMILES string of the molecule is CCCCOC(=O)c1cccc(N2C(=O)C(c3cccs3)=C(N3CCN(C)CC3)C2=O)c1.